The topological polar surface area (TPSA) is 72.5 Å². The van der Waals surface area contributed by atoms with Crippen LogP contribution in [0, 0.1) is 5.92 Å². The van der Waals surface area contributed by atoms with E-state index in [1.807, 2.05) is 6.92 Å². The zero-order chi connectivity index (χ0) is 16.0. The van der Waals surface area contributed by atoms with Gasteiger partial charge in [0.15, 0.2) is 0 Å². The maximum atomic E-state index is 12.4. The maximum absolute atomic E-state index is 12.4. The molecule has 2 unspecified atom stereocenters. The Morgan fingerprint density at radius 3 is 2.62 bits per heavy atom. The number of ether oxygens (including phenoxy) is 1. The van der Waals surface area contributed by atoms with Gasteiger partial charge in [-0.25, -0.2) is 4.79 Å². The Morgan fingerprint density at radius 2 is 2.05 bits per heavy atom. The number of carbonyl (C=O) groups is 3. The average molecular weight is 309 g/mol. The molecule has 1 aliphatic carbocycles. The molecule has 0 spiro atoms. The van der Waals surface area contributed by atoms with Gasteiger partial charge in [-0.05, 0) is 19.3 Å². The number of carbonyl (C=O) groups excluding carboxylic acids is 3. The first-order chi connectivity index (χ1) is 9.75. The molecule has 0 heterocycles. The molecule has 21 heavy (non-hydrogen) atoms. The lowest BCUT2D eigenvalue weighted by atomic mass is 9.82. The van der Waals surface area contributed by atoms with Gasteiger partial charge in [0.25, 0.3) is 0 Å². The Kier molecular flexibility index (Phi) is 6.17. The number of alkyl carbamates (subject to hydrolysis) is 1. The highest BCUT2D eigenvalue weighted by Gasteiger charge is 2.48. The lowest BCUT2D eigenvalue weighted by molar-refractivity contribution is -0.177. The normalized spacial score (nSPS) is 22.8. The van der Waals surface area contributed by atoms with Gasteiger partial charge in [-0.3, -0.25) is 9.59 Å². The number of alkyl halides is 3. The minimum Gasteiger partial charge on any atom is -0.450 e. The predicted octanol–water partition coefficient (Wildman–Crippen LogP) is 2.38. The second kappa shape index (κ2) is 7.42. The van der Waals surface area contributed by atoms with E-state index in [1.165, 1.54) is 0 Å². The number of hydrogen-bond acceptors (Lipinski definition) is 4. The third-order valence-electron chi connectivity index (χ3n) is 3.30. The third kappa shape index (κ3) is 5.35. The first kappa shape index (κ1) is 17.5. The fraction of sp³-hybridized carbons (Fsp3) is 0.769. The highest BCUT2D eigenvalue weighted by atomic mass is 19.4. The number of amides is 1. The van der Waals surface area contributed by atoms with Crippen molar-refractivity contribution in [2.24, 2.45) is 5.92 Å². The molecule has 0 radical (unpaired) electrons. The SMILES string of the molecule is CCCCOC(=O)NC1CCC(=O)C(C(=O)C(F)(F)F)C1. The van der Waals surface area contributed by atoms with Crippen molar-refractivity contribution >= 4 is 17.7 Å². The number of rotatable bonds is 5. The van der Waals surface area contributed by atoms with Crippen LogP contribution in [0.1, 0.15) is 39.0 Å². The van der Waals surface area contributed by atoms with Crippen LogP contribution in [0.2, 0.25) is 0 Å². The average Bonchev–Trinajstić information content (AvgIpc) is 2.39. The summed E-state index contributed by atoms with van der Waals surface area (Å²) < 4.78 is 42.0. The van der Waals surface area contributed by atoms with Gasteiger partial charge in [0.2, 0.25) is 5.78 Å². The molecular formula is C13H18F3NO4. The zero-order valence-electron chi connectivity index (χ0n) is 11.7. The van der Waals surface area contributed by atoms with Crippen LogP contribution in [-0.4, -0.2) is 36.5 Å². The van der Waals surface area contributed by atoms with Crippen molar-refractivity contribution in [1.82, 2.24) is 5.32 Å². The summed E-state index contributed by atoms with van der Waals surface area (Å²) in [5.41, 5.74) is 0. The first-order valence-corrected chi connectivity index (χ1v) is 6.82. The standard InChI is InChI=1S/C13H18F3NO4/c1-2-3-6-21-12(20)17-8-4-5-10(18)9(7-8)11(19)13(14,15)16/h8-9H,2-7H2,1H3,(H,17,20). The minimum atomic E-state index is -5.04. The fourth-order valence-corrected chi connectivity index (χ4v) is 2.12. The van der Waals surface area contributed by atoms with Crippen LogP contribution in [0.15, 0.2) is 0 Å². The Hall–Kier alpha value is -1.60. The summed E-state index contributed by atoms with van der Waals surface area (Å²) in [6.07, 6.45) is -4.53. The van der Waals surface area contributed by atoms with Gasteiger partial charge in [0, 0.05) is 12.5 Å². The molecule has 0 bridgehead atoms. The molecule has 1 amide bonds. The molecule has 8 heteroatoms. The van der Waals surface area contributed by atoms with E-state index in [0.29, 0.717) is 6.42 Å². The van der Waals surface area contributed by atoms with Crippen molar-refractivity contribution in [2.45, 2.75) is 51.2 Å². The van der Waals surface area contributed by atoms with Crippen LogP contribution >= 0.6 is 0 Å². The molecule has 2 atom stereocenters. The fourth-order valence-electron chi connectivity index (χ4n) is 2.12. The highest BCUT2D eigenvalue weighted by Crippen LogP contribution is 2.29. The van der Waals surface area contributed by atoms with Crippen LogP contribution in [0.5, 0.6) is 0 Å². The Labute approximate surface area is 120 Å². The predicted molar refractivity (Wildman–Crippen MR) is 66.6 cm³/mol. The molecule has 1 fully saturated rings. The molecule has 1 rings (SSSR count). The summed E-state index contributed by atoms with van der Waals surface area (Å²) in [6.45, 7) is 2.14. The van der Waals surface area contributed by atoms with Crippen molar-refractivity contribution < 1.29 is 32.3 Å². The second-order valence-electron chi connectivity index (χ2n) is 4.99. The van der Waals surface area contributed by atoms with Crippen molar-refractivity contribution in [3.63, 3.8) is 0 Å². The molecule has 120 valence electrons. The van der Waals surface area contributed by atoms with Crippen molar-refractivity contribution in [3.8, 4) is 0 Å². The van der Waals surface area contributed by atoms with Gasteiger partial charge in [-0.15, -0.1) is 0 Å². The number of Topliss-reactive ketones (excluding diaryl/α,β-unsaturated/α-hetero) is 2. The van der Waals surface area contributed by atoms with E-state index in [2.05, 4.69) is 5.32 Å². The van der Waals surface area contributed by atoms with Gasteiger partial charge >= 0.3 is 12.3 Å². The van der Waals surface area contributed by atoms with Crippen LogP contribution < -0.4 is 5.32 Å². The molecule has 1 saturated carbocycles. The summed E-state index contributed by atoms with van der Waals surface area (Å²) in [4.78, 5) is 34.1. The van der Waals surface area contributed by atoms with Crippen LogP contribution in [0.4, 0.5) is 18.0 Å². The number of nitrogens with one attached hydrogen (secondary N) is 1. The monoisotopic (exact) mass is 309 g/mol. The summed E-state index contributed by atoms with van der Waals surface area (Å²) in [5.74, 6) is -4.49. The van der Waals surface area contributed by atoms with E-state index in [-0.39, 0.29) is 25.9 Å². The van der Waals surface area contributed by atoms with Crippen molar-refractivity contribution in [1.29, 1.82) is 0 Å². The summed E-state index contributed by atoms with van der Waals surface area (Å²) in [7, 11) is 0. The lowest BCUT2D eigenvalue weighted by Crippen LogP contribution is -2.46. The summed E-state index contributed by atoms with van der Waals surface area (Å²) >= 11 is 0. The maximum Gasteiger partial charge on any atom is 0.450 e. The number of unbranched alkanes of at least 4 members (excludes halogenated alkanes) is 1. The summed E-state index contributed by atoms with van der Waals surface area (Å²) in [6, 6.07) is -0.659. The lowest BCUT2D eigenvalue weighted by Gasteiger charge is -2.28. The van der Waals surface area contributed by atoms with E-state index >= 15 is 0 Å². The van der Waals surface area contributed by atoms with Crippen LogP contribution in [0.25, 0.3) is 0 Å². The van der Waals surface area contributed by atoms with Gasteiger partial charge < -0.3 is 10.1 Å². The first-order valence-electron chi connectivity index (χ1n) is 6.82. The molecule has 0 aromatic carbocycles. The molecule has 1 N–H and O–H groups in total. The van der Waals surface area contributed by atoms with Gasteiger partial charge in [0.1, 0.15) is 5.78 Å². The molecule has 0 aromatic heterocycles. The molecule has 0 aromatic rings. The quantitative estimate of drug-likeness (QED) is 0.625. The van der Waals surface area contributed by atoms with Crippen molar-refractivity contribution in [3.05, 3.63) is 0 Å². The zero-order valence-corrected chi connectivity index (χ0v) is 11.7. The molecule has 0 aliphatic heterocycles. The molecular weight excluding hydrogens is 291 g/mol. The third-order valence-corrected chi connectivity index (χ3v) is 3.30. The second-order valence-corrected chi connectivity index (χ2v) is 4.99. The minimum absolute atomic E-state index is 0.160. The van der Waals surface area contributed by atoms with E-state index < -0.39 is 35.8 Å². The van der Waals surface area contributed by atoms with Gasteiger partial charge in [-0.2, -0.15) is 13.2 Å². The van der Waals surface area contributed by atoms with Crippen molar-refractivity contribution in [2.75, 3.05) is 6.61 Å². The van der Waals surface area contributed by atoms with Gasteiger partial charge in [-0.1, -0.05) is 13.3 Å². The summed E-state index contributed by atoms with van der Waals surface area (Å²) in [5, 5.41) is 2.40. The van der Waals surface area contributed by atoms with E-state index in [9.17, 15) is 27.6 Å². The Morgan fingerprint density at radius 1 is 1.38 bits per heavy atom. The largest absolute Gasteiger partial charge is 0.450 e. The Bertz CT molecular complexity index is 409. The van der Waals surface area contributed by atoms with Crippen LogP contribution in [-0.2, 0) is 14.3 Å². The van der Waals surface area contributed by atoms with E-state index in [1.54, 1.807) is 0 Å². The molecule has 1 aliphatic rings. The van der Waals surface area contributed by atoms with Gasteiger partial charge in [0.05, 0.1) is 12.5 Å². The number of hydrogen-bond donors (Lipinski definition) is 1. The Balaban J connectivity index is 2.54. The molecule has 5 nitrogen and oxygen atoms in total. The smallest absolute Gasteiger partial charge is 0.450 e. The van der Waals surface area contributed by atoms with E-state index in [4.69, 9.17) is 4.74 Å². The number of halogens is 3. The molecule has 0 saturated heterocycles. The van der Waals surface area contributed by atoms with Crippen LogP contribution in [0.3, 0.4) is 0 Å². The number of ketones is 2. The highest BCUT2D eigenvalue weighted by molar-refractivity contribution is 6.05. The van der Waals surface area contributed by atoms with E-state index in [0.717, 1.165) is 6.42 Å².